The van der Waals surface area contributed by atoms with Crippen LogP contribution in [-0.4, -0.2) is 27.7 Å². The minimum absolute atomic E-state index is 0.0518. The van der Waals surface area contributed by atoms with E-state index in [-0.39, 0.29) is 17.4 Å². The predicted octanol–water partition coefficient (Wildman–Crippen LogP) is 4.12. The second-order valence-corrected chi connectivity index (χ2v) is 9.44. The van der Waals surface area contributed by atoms with Gasteiger partial charge in [-0.2, -0.15) is 0 Å². The Morgan fingerprint density at radius 3 is 2.50 bits per heavy atom. The maximum absolute atomic E-state index is 13.3. The van der Waals surface area contributed by atoms with Crippen molar-refractivity contribution in [2.45, 2.75) is 31.1 Å². The molecule has 1 saturated carbocycles. The molecule has 1 unspecified atom stereocenters. The fourth-order valence-corrected chi connectivity index (χ4v) is 4.27. The highest BCUT2D eigenvalue weighted by molar-refractivity contribution is 7.82. The lowest BCUT2D eigenvalue weighted by atomic mass is 9.94. The zero-order chi connectivity index (χ0) is 23.9. The minimum atomic E-state index is -3.70. The van der Waals surface area contributed by atoms with Gasteiger partial charge in [0, 0.05) is 18.4 Å². The summed E-state index contributed by atoms with van der Waals surface area (Å²) in [5.41, 5.74) is 2.32. The third kappa shape index (κ3) is 4.51. The summed E-state index contributed by atoms with van der Waals surface area (Å²) in [6.45, 7) is 0.493. The van der Waals surface area contributed by atoms with Crippen LogP contribution >= 0.6 is 0 Å². The van der Waals surface area contributed by atoms with Gasteiger partial charge in [-0.25, -0.2) is 13.9 Å². The molecule has 10 heteroatoms. The monoisotopic (exact) mass is 485 g/mol. The number of pyridine rings is 1. The SMILES string of the molecule is CS(=O)NCc1ccc(-c2cccc(NC(=O)C3(c4ccc5c(c4)OC(F)(F)O5)CC3)n2)cc1. The third-order valence-electron chi connectivity index (χ3n) is 5.86. The molecular formula is C24H21F2N3O4S. The fourth-order valence-electron chi connectivity index (χ4n) is 3.90. The molecule has 176 valence electrons. The summed E-state index contributed by atoms with van der Waals surface area (Å²) in [5, 5.41) is 2.87. The van der Waals surface area contributed by atoms with E-state index in [0.717, 1.165) is 11.1 Å². The highest BCUT2D eigenvalue weighted by Gasteiger charge is 2.52. The summed E-state index contributed by atoms with van der Waals surface area (Å²) in [4.78, 5) is 17.7. The number of aromatic nitrogens is 1. The first-order valence-corrected chi connectivity index (χ1v) is 12.2. The van der Waals surface area contributed by atoms with Gasteiger partial charge >= 0.3 is 6.29 Å². The van der Waals surface area contributed by atoms with Crippen molar-refractivity contribution in [3.05, 3.63) is 71.8 Å². The number of carbonyl (C=O) groups excluding carboxylic acids is 1. The Bertz CT molecular complexity index is 1280. The van der Waals surface area contributed by atoms with E-state index >= 15 is 0 Å². The van der Waals surface area contributed by atoms with Crippen molar-refractivity contribution in [1.82, 2.24) is 9.71 Å². The number of benzene rings is 2. The molecule has 0 saturated heterocycles. The third-order valence-corrected chi connectivity index (χ3v) is 6.41. The molecule has 2 N–H and O–H groups in total. The number of alkyl halides is 2. The van der Waals surface area contributed by atoms with Crippen LogP contribution in [0.25, 0.3) is 11.3 Å². The number of ether oxygens (including phenoxy) is 2. The van der Waals surface area contributed by atoms with Gasteiger partial charge in [0.25, 0.3) is 0 Å². The standard InChI is InChI=1S/C24H21F2N3O4S/c1-34(31)27-14-15-5-7-16(8-6-15)18-3-2-4-21(28-18)29-22(30)23(11-12-23)17-9-10-19-20(13-17)33-24(25,26)32-19/h2-10,13,27H,11-12,14H2,1H3,(H,28,29,30). The second kappa shape index (κ2) is 8.44. The quantitative estimate of drug-likeness (QED) is 0.526. The first-order chi connectivity index (χ1) is 16.2. The number of anilines is 1. The molecule has 34 heavy (non-hydrogen) atoms. The number of halogens is 2. The highest BCUT2D eigenvalue weighted by Crippen LogP contribution is 2.52. The molecule has 1 aromatic heterocycles. The number of hydrogen-bond acceptors (Lipinski definition) is 5. The molecular weight excluding hydrogens is 464 g/mol. The molecule has 1 aliphatic carbocycles. The molecule has 2 heterocycles. The Hall–Kier alpha value is -3.37. The minimum Gasteiger partial charge on any atom is -0.395 e. The van der Waals surface area contributed by atoms with Crippen molar-refractivity contribution in [2.24, 2.45) is 0 Å². The molecule has 1 atom stereocenters. The number of rotatable bonds is 7. The molecule has 0 bridgehead atoms. The maximum Gasteiger partial charge on any atom is 0.586 e. The molecule has 1 aliphatic heterocycles. The van der Waals surface area contributed by atoms with Crippen LogP contribution in [0.2, 0.25) is 0 Å². The Balaban J connectivity index is 1.31. The molecule has 3 aromatic rings. The van der Waals surface area contributed by atoms with Crippen LogP contribution in [-0.2, 0) is 27.7 Å². The topological polar surface area (TPSA) is 89.6 Å². The summed E-state index contributed by atoms with van der Waals surface area (Å²) in [6, 6.07) is 17.5. The lowest BCUT2D eigenvalue weighted by Crippen LogP contribution is -2.28. The maximum atomic E-state index is 13.3. The molecule has 0 spiro atoms. The summed E-state index contributed by atoms with van der Waals surface area (Å²) in [6.07, 6.45) is -0.943. The van der Waals surface area contributed by atoms with Gasteiger partial charge in [-0.3, -0.25) is 4.79 Å². The summed E-state index contributed by atoms with van der Waals surface area (Å²) >= 11 is 0. The Morgan fingerprint density at radius 1 is 1.06 bits per heavy atom. The average molecular weight is 486 g/mol. The van der Waals surface area contributed by atoms with E-state index < -0.39 is 22.7 Å². The van der Waals surface area contributed by atoms with Gasteiger partial charge in [-0.15, -0.1) is 8.78 Å². The zero-order valence-corrected chi connectivity index (χ0v) is 19.0. The Labute approximate surface area is 197 Å². The van der Waals surface area contributed by atoms with Gasteiger partial charge in [0.15, 0.2) is 11.5 Å². The Morgan fingerprint density at radius 2 is 1.79 bits per heavy atom. The number of nitrogens with one attached hydrogen (secondary N) is 2. The summed E-state index contributed by atoms with van der Waals surface area (Å²) in [7, 11) is -1.09. The van der Waals surface area contributed by atoms with Crippen LogP contribution in [0.4, 0.5) is 14.6 Å². The van der Waals surface area contributed by atoms with Gasteiger partial charge in [0.1, 0.15) is 5.82 Å². The normalized spacial score (nSPS) is 17.7. The van der Waals surface area contributed by atoms with Crippen molar-refractivity contribution < 1.29 is 27.3 Å². The first-order valence-electron chi connectivity index (χ1n) is 10.6. The first kappa shape index (κ1) is 22.4. The van der Waals surface area contributed by atoms with E-state index in [4.69, 9.17) is 0 Å². The summed E-state index contributed by atoms with van der Waals surface area (Å²) in [5.74, 6) is 0.0135. The van der Waals surface area contributed by atoms with Crippen molar-refractivity contribution >= 4 is 22.7 Å². The second-order valence-electron chi connectivity index (χ2n) is 8.25. The molecule has 2 aromatic carbocycles. The van der Waals surface area contributed by atoms with Crippen LogP contribution in [0, 0.1) is 0 Å². The molecule has 7 nitrogen and oxygen atoms in total. The number of fused-ring (bicyclic) bond motifs is 1. The van der Waals surface area contributed by atoms with Gasteiger partial charge in [0.2, 0.25) is 5.91 Å². The van der Waals surface area contributed by atoms with E-state index in [0.29, 0.717) is 36.5 Å². The van der Waals surface area contributed by atoms with Crippen molar-refractivity contribution in [2.75, 3.05) is 11.6 Å². The molecule has 0 radical (unpaired) electrons. The number of amides is 1. The molecule has 1 fully saturated rings. The van der Waals surface area contributed by atoms with Crippen LogP contribution in [0.5, 0.6) is 11.5 Å². The molecule has 5 rings (SSSR count). The Kier molecular flexibility index (Phi) is 5.57. The average Bonchev–Trinajstić information content (AvgIpc) is 3.55. The van der Waals surface area contributed by atoms with Gasteiger partial charge < -0.3 is 14.8 Å². The van der Waals surface area contributed by atoms with Crippen molar-refractivity contribution in [3.63, 3.8) is 0 Å². The molecule has 2 aliphatic rings. The number of carbonyl (C=O) groups is 1. The van der Waals surface area contributed by atoms with E-state index in [1.807, 2.05) is 30.3 Å². The lowest BCUT2D eigenvalue weighted by molar-refractivity contribution is -0.286. The zero-order valence-electron chi connectivity index (χ0n) is 18.1. The largest absolute Gasteiger partial charge is 0.586 e. The van der Waals surface area contributed by atoms with Crippen molar-refractivity contribution in [3.8, 4) is 22.8 Å². The predicted molar refractivity (Wildman–Crippen MR) is 123 cm³/mol. The van der Waals surface area contributed by atoms with E-state index in [1.54, 1.807) is 24.5 Å². The summed E-state index contributed by atoms with van der Waals surface area (Å²) < 4.78 is 49.7. The van der Waals surface area contributed by atoms with Crippen LogP contribution in [0.3, 0.4) is 0 Å². The van der Waals surface area contributed by atoms with E-state index in [1.165, 1.54) is 12.1 Å². The fraction of sp³-hybridized carbons (Fsp3) is 0.250. The van der Waals surface area contributed by atoms with Crippen molar-refractivity contribution in [1.29, 1.82) is 0 Å². The van der Waals surface area contributed by atoms with Crippen LogP contribution < -0.4 is 19.5 Å². The smallest absolute Gasteiger partial charge is 0.395 e. The van der Waals surface area contributed by atoms with Gasteiger partial charge in [0.05, 0.1) is 22.1 Å². The number of nitrogens with zero attached hydrogens (tertiary/aromatic N) is 1. The highest BCUT2D eigenvalue weighted by atomic mass is 32.2. The van der Waals surface area contributed by atoms with Gasteiger partial charge in [-0.1, -0.05) is 36.4 Å². The molecule has 1 amide bonds. The van der Waals surface area contributed by atoms with Crippen LogP contribution in [0.1, 0.15) is 24.0 Å². The lowest BCUT2D eigenvalue weighted by Gasteiger charge is -2.16. The van der Waals surface area contributed by atoms with E-state index in [2.05, 4.69) is 24.5 Å². The van der Waals surface area contributed by atoms with E-state index in [9.17, 15) is 17.8 Å². The van der Waals surface area contributed by atoms with Gasteiger partial charge in [-0.05, 0) is 48.2 Å². The van der Waals surface area contributed by atoms with Crippen LogP contribution in [0.15, 0.2) is 60.7 Å². The number of hydrogen-bond donors (Lipinski definition) is 2.